The number of benzene rings is 2. The van der Waals surface area contributed by atoms with Crippen LogP contribution < -0.4 is 14.8 Å². The van der Waals surface area contributed by atoms with Crippen LogP contribution in [-0.2, 0) is 0 Å². The van der Waals surface area contributed by atoms with E-state index in [4.69, 9.17) is 16.3 Å². The summed E-state index contributed by atoms with van der Waals surface area (Å²) in [6.45, 7) is -3.10. The van der Waals surface area contributed by atoms with E-state index in [0.29, 0.717) is 0 Å². The second kappa shape index (κ2) is 7.76. The van der Waals surface area contributed by atoms with Gasteiger partial charge in [-0.15, -0.1) is 0 Å². The molecule has 0 bridgehead atoms. The number of carbonyl (C=O) groups excluding carboxylic acids is 1. The fraction of sp³-hybridized carbons (Fsp3) is 0.133. The monoisotopic (exact) mass is 423 g/mol. The van der Waals surface area contributed by atoms with Gasteiger partial charge in [-0.25, -0.2) is 4.39 Å². The molecule has 4 nitrogen and oxygen atoms in total. The van der Waals surface area contributed by atoms with E-state index in [9.17, 15) is 18.0 Å². The van der Waals surface area contributed by atoms with Gasteiger partial charge in [-0.1, -0.05) is 11.6 Å². The van der Waals surface area contributed by atoms with Crippen LogP contribution in [0.25, 0.3) is 0 Å². The summed E-state index contributed by atoms with van der Waals surface area (Å²) in [6, 6.07) is 6.13. The molecule has 0 radical (unpaired) electrons. The number of ether oxygens (including phenoxy) is 2. The lowest BCUT2D eigenvalue weighted by Gasteiger charge is -2.14. The van der Waals surface area contributed by atoms with Crippen LogP contribution in [0, 0.1) is 5.82 Å². The molecule has 0 saturated carbocycles. The van der Waals surface area contributed by atoms with Crippen molar-refractivity contribution in [3.8, 4) is 11.5 Å². The number of rotatable bonds is 5. The lowest BCUT2D eigenvalue weighted by Crippen LogP contribution is -2.14. The highest BCUT2D eigenvalue weighted by Gasteiger charge is 2.18. The van der Waals surface area contributed by atoms with E-state index in [-0.39, 0.29) is 32.2 Å². The molecule has 0 spiro atoms. The summed E-state index contributed by atoms with van der Waals surface area (Å²) in [4.78, 5) is 12.2. The average Bonchev–Trinajstić information content (AvgIpc) is 2.50. The van der Waals surface area contributed by atoms with Crippen molar-refractivity contribution in [1.29, 1.82) is 0 Å². The number of hydrogen-bond acceptors (Lipinski definition) is 3. The number of hydrogen-bond donors (Lipinski definition) is 1. The minimum atomic E-state index is -3.10. The van der Waals surface area contributed by atoms with Crippen molar-refractivity contribution in [3.05, 3.63) is 51.2 Å². The van der Waals surface area contributed by atoms with Gasteiger partial charge < -0.3 is 14.8 Å². The summed E-state index contributed by atoms with van der Waals surface area (Å²) in [5.41, 5.74) is -0.122. The molecule has 0 aliphatic rings. The lowest BCUT2D eigenvalue weighted by molar-refractivity contribution is -0.0498. The zero-order chi connectivity index (χ0) is 17.9. The largest absolute Gasteiger partial charge is 0.494 e. The number of carbonyl (C=O) groups is 1. The first kappa shape index (κ1) is 18.4. The molecule has 128 valence electrons. The fourth-order valence-corrected chi connectivity index (χ4v) is 2.77. The Balaban J connectivity index is 2.33. The number of methoxy groups -OCH3 is 1. The van der Waals surface area contributed by atoms with Crippen LogP contribution in [0.1, 0.15) is 10.4 Å². The van der Waals surface area contributed by atoms with Gasteiger partial charge in [-0.05, 0) is 46.3 Å². The van der Waals surface area contributed by atoms with Gasteiger partial charge in [0.05, 0.1) is 17.3 Å². The van der Waals surface area contributed by atoms with Crippen molar-refractivity contribution in [2.75, 3.05) is 12.4 Å². The SMILES string of the molecule is COc1ccc(C(=O)Nc2cc(Cl)cc(Br)c2OC(F)F)cc1F. The third-order valence-electron chi connectivity index (χ3n) is 2.88. The van der Waals surface area contributed by atoms with Gasteiger partial charge in [0, 0.05) is 10.6 Å². The predicted molar refractivity (Wildman–Crippen MR) is 86.7 cm³/mol. The highest BCUT2D eigenvalue weighted by molar-refractivity contribution is 9.10. The Hall–Kier alpha value is -1.93. The fourth-order valence-electron chi connectivity index (χ4n) is 1.86. The maximum Gasteiger partial charge on any atom is 0.387 e. The van der Waals surface area contributed by atoms with Gasteiger partial charge in [-0.2, -0.15) is 8.78 Å². The third-order valence-corrected chi connectivity index (χ3v) is 3.68. The zero-order valence-electron chi connectivity index (χ0n) is 12.1. The lowest BCUT2D eigenvalue weighted by atomic mass is 10.2. The molecule has 0 atom stereocenters. The topological polar surface area (TPSA) is 47.6 Å². The molecular weight excluding hydrogens is 415 g/mol. The van der Waals surface area contributed by atoms with Crippen molar-refractivity contribution < 1.29 is 27.4 Å². The van der Waals surface area contributed by atoms with Gasteiger partial charge in [-0.3, -0.25) is 4.79 Å². The Labute approximate surface area is 148 Å². The van der Waals surface area contributed by atoms with Gasteiger partial charge in [0.15, 0.2) is 17.3 Å². The first-order valence-electron chi connectivity index (χ1n) is 6.40. The van der Waals surface area contributed by atoms with Crippen LogP contribution in [0.4, 0.5) is 18.9 Å². The Morgan fingerprint density at radius 3 is 2.58 bits per heavy atom. The minimum absolute atomic E-state index is 0.0289. The highest BCUT2D eigenvalue weighted by Crippen LogP contribution is 2.37. The van der Waals surface area contributed by atoms with E-state index >= 15 is 0 Å². The number of nitrogens with one attached hydrogen (secondary N) is 1. The third kappa shape index (κ3) is 4.33. The quantitative estimate of drug-likeness (QED) is 0.726. The van der Waals surface area contributed by atoms with Crippen LogP contribution in [0.2, 0.25) is 5.02 Å². The molecule has 1 N–H and O–H groups in total. The first-order valence-corrected chi connectivity index (χ1v) is 7.57. The van der Waals surface area contributed by atoms with Gasteiger partial charge in [0.1, 0.15) is 0 Å². The smallest absolute Gasteiger partial charge is 0.387 e. The molecule has 0 aromatic heterocycles. The van der Waals surface area contributed by atoms with Crippen molar-refractivity contribution in [1.82, 2.24) is 0 Å². The molecule has 1 amide bonds. The summed E-state index contributed by atoms with van der Waals surface area (Å²) in [5.74, 6) is -1.79. The molecule has 0 fully saturated rings. The summed E-state index contributed by atoms with van der Waals surface area (Å²) < 4.78 is 48.0. The number of anilines is 1. The molecule has 2 aromatic rings. The molecule has 9 heteroatoms. The molecule has 2 aromatic carbocycles. The highest BCUT2D eigenvalue weighted by atomic mass is 79.9. The Morgan fingerprint density at radius 1 is 1.29 bits per heavy atom. The number of amides is 1. The number of halogens is 5. The summed E-state index contributed by atoms with van der Waals surface area (Å²) in [5, 5.41) is 2.54. The minimum Gasteiger partial charge on any atom is -0.494 e. The average molecular weight is 425 g/mol. The molecule has 0 unspecified atom stereocenters. The van der Waals surface area contributed by atoms with E-state index in [0.717, 1.165) is 6.07 Å². The second-order valence-corrected chi connectivity index (χ2v) is 5.74. The van der Waals surface area contributed by atoms with E-state index in [1.165, 1.54) is 31.4 Å². The van der Waals surface area contributed by atoms with Gasteiger partial charge in [0.2, 0.25) is 0 Å². The summed E-state index contributed by atoms with van der Waals surface area (Å²) >= 11 is 8.88. The van der Waals surface area contributed by atoms with E-state index < -0.39 is 18.3 Å². The second-order valence-electron chi connectivity index (χ2n) is 4.45. The Morgan fingerprint density at radius 2 is 2.00 bits per heavy atom. The zero-order valence-corrected chi connectivity index (χ0v) is 14.4. The molecule has 2 rings (SSSR count). The van der Waals surface area contributed by atoms with E-state index in [1.807, 2.05) is 0 Å². The maximum atomic E-state index is 13.7. The van der Waals surface area contributed by atoms with Crippen molar-refractivity contribution in [2.24, 2.45) is 0 Å². The molecule has 0 aliphatic heterocycles. The van der Waals surface area contributed by atoms with Crippen LogP contribution in [0.15, 0.2) is 34.8 Å². The van der Waals surface area contributed by atoms with E-state index in [2.05, 4.69) is 26.0 Å². The molecular formula is C15H10BrClF3NO3. The summed E-state index contributed by atoms with van der Waals surface area (Å²) in [7, 11) is 1.29. The molecule has 0 saturated heterocycles. The Bertz CT molecular complexity index is 774. The first-order chi connectivity index (χ1) is 11.3. The Kier molecular flexibility index (Phi) is 5.95. The molecule has 0 aliphatic carbocycles. The molecule has 0 heterocycles. The summed E-state index contributed by atoms with van der Waals surface area (Å²) in [6.07, 6.45) is 0. The van der Waals surface area contributed by atoms with Gasteiger partial charge >= 0.3 is 6.61 Å². The van der Waals surface area contributed by atoms with Crippen LogP contribution in [0.3, 0.4) is 0 Å². The van der Waals surface area contributed by atoms with Crippen molar-refractivity contribution in [3.63, 3.8) is 0 Å². The molecule has 24 heavy (non-hydrogen) atoms. The van der Waals surface area contributed by atoms with Gasteiger partial charge in [0.25, 0.3) is 5.91 Å². The standard InChI is InChI=1S/C15H10BrClF3NO3/c1-23-12-3-2-7(4-10(12)18)14(22)21-11-6-8(17)5-9(16)13(11)24-15(19)20/h2-6,15H,1H3,(H,21,22). The van der Waals surface area contributed by atoms with Crippen LogP contribution in [0.5, 0.6) is 11.5 Å². The van der Waals surface area contributed by atoms with Crippen LogP contribution in [-0.4, -0.2) is 19.6 Å². The van der Waals surface area contributed by atoms with Crippen molar-refractivity contribution >= 4 is 39.1 Å². The van der Waals surface area contributed by atoms with E-state index in [1.54, 1.807) is 0 Å². The predicted octanol–water partition coefficient (Wildman–Crippen LogP) is 5.10. The maximum absolute atomic E-state index is 13.7. The number of alkyl halides is 2. The normalized spacial score (nSPS) is 10.6. The van der Waals surface area contributed by atoms with Crippen LogP contribution >= 0.6 is 27.5 Å². The van der Waals surface area contributed by atoms with Crippen molar-refractivity contribution in [2.45, 2.75) is 6.61 Å².